The fourth-order valence-electron chi connectivity index (χ4n) is 6.78. The molecule has 2 heterocycles. The van der Waals surface area contributed by atoms with Gasteiger partial charge in [-0.3, -0.25) is 9.69 Å². The number of cyclic esters (lactones) is 1. The van der Waals surface area contributed by atoms with Gasteiger partial charge in [-0.1, -0.05) is 66.7 Å². The molecule has 0 spiro atoms. The fourth-order valence-corrected chi connectivity index (χ4v) is 6.78. The first kappa shape index (κ1) is 27.3. The molecule has 3 aromatic rings. The van der Waals surface area contributed by atoms with Crippen molar-refractivity contribution in [3.8, 4) is 11.5 Å². The second-order valence-electron chi connectivity index (χ2n) is 11.7. The van der Waals surface area contributed by atoms with E-state index in [1.54, 1.807) is 7.11 Å². The first-order chi connectivity index (χ1) is 20.0. The molecule has 3 fully saturated rings. The van der Waals surface area contributed by atoms with Crippen molar-refractivity contribution in [2.24, 2.45) is 5.41 Å². The van der Waals surface area contributed by atoms with Crippen LogP contribution in [0, 0.1) is 5.41 Å². The van der Waals surface area contributed by atoms with Crippen molar-refractivity contribution in [3.63, 3.8) is 0 Å². The molecule has 3 aliphatic rings. The van der Waals surface area contributed by atoms with Crippen molar-refractivity contribution >= 4 is 12.0 Å². The van der Waals surface area contributed by atoms with Crippen molar-refractivity contribution in [3.05, 3.63) is 95.6 Å². The zero-order chi connectivity index (χ0) is 28.4. The third-order valence-corrected chi connectivity index (χ3v) is 8.96. The summed E-state index contributed by atoms with van der Waals surface area (Å²) in [5.74, 6) is 1.04. The van der Waals surface area contributed by atoms with Gasteiger partial charge in [0.05, 0.1) is 18.6 Å². The fraction of sp³-hybridized carbons (Fsp3) is 0.412. The number of carbonyl (C=O) groups excluding carboxylic acids is 2. The third kappa shape index (κ3) is 5.43. The van der Waals surface area contributed by atoms with Crippen LogP contribution in [0.15, 0.2) is 78.9 Å². The number of rotatable bonds is 8. The number of nitrogens with zero attached hydrogens (tertiary/aromatic N) is 2. The summed E-state index contributed by atoms with van der Waals surface area (Å²) in [6.07, 6.45) is 4.02. The first-order valence-electron chi connectivity index (χ1n) is 14.6. The summed E-state index contributed by atoms with van der Waals surface area (Å²) >= 11 is 0. The topological polar surface area (TPSA) is 68.3 Å². The van der Waals surface area contributed by atoms with E-state index in [9.17, 15) is 9.59 Å². The molecule has 2 amide bonds. The summed E-state index contributed by atoms with van der Waals surface area (Å²) in [6.45, 7) is 4.06. The minimum absolute atomic E-state index is 0.158. The van der Waals surface area contributed by atoms with E-state index >= 15 is 0 Å². The van der Waals surface area contributed by atoms with Crippen LogP contribution in [0.25, 0.3) is 0 Å². The van der Waals surface area contributed by atoms with E-state index in [4.69, 9.17) is 14.2 Å². The lowest BCUT2D eigenvalue weighted by Gasteiger charge is -2.34. The average molecular weight is 555 g/mol. The number of likely N-dealkylation sites (tertiary alicyclic amines) is 1. The predicted molar refractivity (Wildman–Crippen MR) is 156 cm³/mol. The highest BCUT2D eigenvalue weighted by atomic mass is 16.6. The first-order valence-corrected chi connectivity index (χ1v) is 14.6. The molecule has 1 saturated carbocycles. The molecule has 0 N–H and O–H groups in total. The molecule has 6 rings (SSSR count). The molecule has 0 radical (unpaired) electrons. The van der Waals surface area contributed by atoms with E-state index in [1.807, 2.05) is 67.6 Å². The van der Waals surface area contributed by atoms with E-state index in [1.165, 1.54) is 23.3 Å². The molecule has 2 aliphatic heterocycles. The Morgan fingerprint density at radius 1 is 0.951 bits per heavy atom. The lowest BCUT2D eigenvalue weighted by Crippen LogP contribution is -2.47. The molecule has 41 heavy (non-hydrogen) atoms. The highest BCUT2D eigenvalue weighted by Crippen LogP contribution is 2.48. The summed E-state index contributed by atoms with van der Waals surface area (Å²) in [5.41, 5.74) is 2.21. The Bertz CT molecular complexity index is 1370. The van der Waals surface area contributed by atoms with Gasteiger partial charge < -0.3 is 14.2 Å². The van der Waals surface area contributed by atoms with E-state index < -0.39 is 17.6 Å². The maximum Gasteiger partial charge on any atom is 0.417 e. The standard InChI is InChI=1S/C34H38N2O5/c1-34(32(37)36-29(22-40-33(36)38)25-13-7-4-8-14-25)23-35(20-24-11-5-3-6-12-24)21-28(34)26-17-18-30(39-2)31(19-26)41-27-15-9-10-16-27/h3-8,11-14,17-19,27-29H,9-10,15-16,20-23H2,1-2H3. The van der Waals surface area contributed by atoms with E-state index in [0.29, 0.717) is 25.4 Å². The van der Waals surface area contributed by atoms with Crippen LogP contribution in [-0.2, 0) is 16.1 Å². The van der Waals surface area contributed by atoms with E-state index in [2.05, 4.69) is 23.1 Å². The quantitative estimate of drug-likeness (QED) is 0.324. The maximum absolute atomic E-state index is 14.6. The van der Waals surface area contributed by atoms with Gasteiger partial charge in [0.1, 0.15) is 12.6 Å². The number of carbonyl (C=O) groups is 2. The number of imide groups is 1. The van der Waals surface area contributed by atoms with Gasteiger partial charge in [0, 0.05) is 25.6 Å². The Labute approximate surface area is 242 Å². The molecule has 3 unspecified atom stereocenters. The highest BCUT2D eigenvalue weighted by Gasteiger charge is 2.54. The predicted octanol–water partition coefficient (Wildman–Crippen LogP) is 6.34. The van der Waals surface area contributed by atoms with Crippen LogP contribution >= 0.6 is 0 Å². The smallest absolute Gasteiger partial charge is 0.417 e. The number of hydrogen-bond donors (Lipinski definition) is 0. The SMILES string of the molecule is COc1ccc(C2CN(Cc3ccccc3)CC2(C)C(=O)N2C(=O)OCC2c2ccccc2)cc1OC1CCCC1. The lowest BCUT2D eigenvalue weighted by atomic mass is 9.74. The van der Waals surface area contributed by atoms with Crippen LogP contribution < -0.4 is 9.47 Å². The Hall–Kier alpha value is -3.84. The molecule has 3 aromatic carbocycles. The Morgan fingerprint density at radius 2 is 1.66 bits per heavy atom. The molecular formula is C34H38N2O5. The monoisotopic (exact) mass is 554 g/mol. The third-order valence-electron chi connectivity index (χ3n) is 8.96. The van der Waals surface area contributed by atoms with Gasteiger partial charge in [0.2, 0.25) is 5.91 Å². The Kier molecular flexibility index (Phi) is 7.71. The minimum atomic E-state index is -0.871. The van der Waals surface area contributed by atoms with Gasteiger partial charge in [-0.15, -0.1) is 0 Å². The largest absolute Gasteiger partial charge is 0.493 e. The normalized spacial score (nSPS) is 24.9. The van der Waals surface area contributed by atoms with Crippen LogP contribution in [0.3, 0.4) is 0 Å². The molecule has 1 aliphatic carbocycles. The summed E-state index contributed by atoms with van der Waals surface area (Å²) in [4.78, 5) is 31.3. The van der Waals surface area contributed by atoms with Gasteiger partial charge in [0.25, 0.3) is 0 Å². The van der Waals surface area contributed by atoms with Crippen molar-refractivity contribution in [2.75, 3.05) is 26.8 Å². The highest BCUT2D eigenvalue weighted by molar-refractivity contribution is 5.97. The minimum Gasteiger partial charge on any atom is -0.493 e. The Morgan fingerprint density at radius 3 is 2.37 bits per heavy atom. The van der Waals surface area contributed by atoms with Crippen LogP contribution in [0.1, 0.15) is 61.3 Å². The molecule has 7 nitrogen and oxygen atoms in total. The van der Waals surface area contributed by atoms with E-state index in [-0.39, 0.29) is 24.5 Å². The molecule has 0 bridgehead atoms. The zero-order valence-electron chi connectivity index (χ0n) is 23.8. The second-order valence-corrected chi connectivity index (χ2v) is 11.7. The number of hydrogen-bond acceptors (Lipinski definition) is 6. The summed E-state index contributed by atoms with van der Waals surface area (Å²) < 4.78 is 17.6. The van der Waals surface area contributed by atoms with Crippen LogP contribution in [0.4, 0.5) is 4.79 Å². The molecule has 214 valence electrons. The van der Waals surface area contributed by atoms with Crippen molar-refractivity contribution in [1.29, 1.82) is 0 Å². The van der Waals surface area contributed by atoms with Gasteiger partial charge >= 0.3 is 6.09 Å². The van der Waals surface area contributed by atoms with Gasteiger partial charge in [-0.05, 0) is 61.4 Å². The molecule has 0 aromatic heterocycles. The maximum atomic E-state index is 14.6. The molecular weight excluding hydrogens is 516 g/mol. The molecule has 3 atom stereocenters. The average Bonchev–Trinajstić information content (AvgIpc) is 3.73. The van der Waals surface area contributed by atoms with E-state index in [0.717, 1.165) is 29.7 Å². The molecule has 2 saturated heterocycles. The summed E-state index contributed by atoms with van der Waals surface area (Å²) in [6, 6.07) is 25.5. The Balaban J connectivity index is 1.36. The van der Waals surface area contributed by atoms with Gasteiger partial charge in [-0.2, -0.15) is 0 Å². The van der Waals surface area contributed by atoms with Crippen molar-refractivity contribution in [2.45, 2.75) is 57.2 Å². The molecule has 7 heteroatoms. The van der Waals surface area contributed by atoms with Gasteiger partial charge in [-0.25, -0.2) is 9.69 Å². The van der Waals surface area contributed by atoms with Crippen LogP contribution in [-0.4, -0.2) is 54.7 Å². The number of ether oxygens (including phenoxy) is 3. The number of methoxy groups -OCH3 is 1. The summed E-state index contributed by atoms with van der Waals surface area (Å²) in [7, 11) is 1.66. The zero-order valence-corrected chi connectivity index (χ0v) is 23.8. The van der Waals surface area contributed by atoms with Crippen LogP contribution in [0.2, 0.25) is 0 Å². The van der Waals surface area contributed by atoms with Crippen molar-refractivity contribution < 1.29 is 23.8 Å². The number of amides is 2. The second kappa shape index (κ2) is 11.6. The lowest BCUT2D eigenvalue weighted by molar-refractivity contribution is -0.139. The van der Waals surface area contributed by atoms with Gasteiger partial charge in [0.15, 0.2) is 11.5 Å². The van der Waals surface area contributed by atoms with Crippen molar-refractivity contribution in [1.82, 2.24) is 9.80 Å². The number of benzene rings is 3. The van der Waals surface area contributed by atoms with Crippen LogP contribution in [0.5, 0.6) is 11.5 Å². The summed E-state index contributed by atoms with van der Waals surface area (Å²) in [5, 5.41) is 0.